The summed E-state index contributed by atoms with van der Waals surface area (Å²) in [6.07, 6.45) is -0.593. The van der Waals surface area contributed by atoms with Gasteiger partial charge in [-0.3, -0.25) is 14.2 Å². The Labute approximate surface area is 142 Å². The van der Waals surface area contributed by atoms with Crippen LogP contribution in [0.1, 0.15) is 44.7 Å². The van der Waals surface area contributed by atoms with E-state index in [2.05, 4.69) is 20.8 Å². The topological polar surface area (TPSA) is 118 Å². The molecule has 2 atom stereocenters. The second-order valence-electron chi connectivity index (χ2n) is 7.17. The number of carbonyl (C=O) groups is 2. The van der Waals surface area contributed by atoms with Gasteiger partial charge in [-0.2, -0.15) is 0 Å². The van der Waals surface area contributed by atoms with Gasteiger partial charge in [0.15, 0.2) is 0 Å². The molecule has 6 nitrogen and oxygen atoms in total. The molecule has 0 saturated carbocycles. The molecular weight excluding hydrogens is 329 g/mol. The van der Waals surface area contributed by atoms with E-state index in [-0.39, 0.29) is 30.6 Å². The van der Waals surface area contributed by atoms with Gasteiger partial charge in [-0.25, -0.2) is 0 Å². The number of carbonyl (C=O) groups excluding carboxylic acids is 1. The lowest BCUT2D eigenvalue weighted by molar-refractivity contribution is -0.141. The van der Waals surface area contributed by atoms with Gasteiger partial charge in [0.2, 0.25) is 13.3 Å². The van der Waals surface area contributed by atoms with Crippen LogP contribution >= 0.6 is 7.37 Å². The van der Waals surface area contributed by atoms with Crippen molar-refractivity contribution in [3.63, 3.8) is 0 Å². The van der Waals surface area contributed by atoms with Gasteiger partial charge in [-0.1, -0.05) is 45.0 Å². The lowest BCUT2D eigenvalue weighted by Gasteiger charge is -2.20. The molecule has 7 heteroatoms. The third kappa shape index (κ3) is 6.85. The molecule has 24 heavy (non-hydrogen) atoms. The van der Waals surface area contributed by atoms with Crippen molar-refractivity contribution in [1.29, 1.82) is 0 Å². The highest BCUT2D eigenvalue weighted by atomic mass is 31.2. The zero-order valence-corrected chi connectivity index (χ0v) is 15.3. The summed E-state index contributed by atoms with van der Waals surface area (Å²) in [5.74, 6) is -2.86. The monoisotopic (exact) mass is 355 g/mol. The third-order valence-corrected chi connectivity index (χ3v) is 5.71. The van der Waals surface area contributed by atoms with E-state index in [0.29, 0.717) is 5.56 Å². The van der Waals surface area contributed by atoms with E-state index in [1.165, 1.54) is 0 Å². The molecular formula is C17H26NO5P. The highest BCUT2D eigenvalue weighted by Gasteiger charge is 2.29. The molecule has 1 amide bonds. The van der Waals surface area contributed by atoms with Crippen molar-refractivity contribution in [2.45, 2.75) is 45.2 Å². The van der Waals surface area contributed by atoms with Crippen LogP contribution in [0.4, 0.5) is 0 Å². The van der Waals surface area contributed by atoms with Gasteiger partial charge in [-0.05, 0) is 23.0 Å². The summed E-state index contributed by atoms with van der Waals surface area (Å²) in [4.78, 5) is 32.2. The van der Waals surface area contributed by atoms with E-state index in [0.717, 1.165) is 5.56 Å². The average molecular weight is 355 g/mol. The normalized spacial score (nSPS) is 15.5. The zero-order valence-electron chi connectivity index (χ0n) is 14.4. The minimum atomic E-state index is -3.67. The Morgan fingerprint density at radius 2 is 1.75 bits per heavy atom. The summed E-state index contributed by atoms with van der Waals surface area (Å²) in [7, 11) is -3.67. The van der Waals surface area contributed by atoms with Crippen molar-refractivity contribution in [2.75, 3.05) is 6.16 Å². The summed E-state index contributed by atoms with van der Waals surface area (Å²) < 4.78 is 12.4. The van der Waals surface area contributed by atoms with E-state index in [9.17, 15) is 19.0 Å². The predicted octanol–water partition coefficient (Wildman–Crippen LogP) is 2.72. The molecule has 0 spiro atoms. The highest BCUT2D eigenvalue weighted by molar-refractivity contribution is 7.57. The van der Waals surface area contributed by atoms with Gasteiger partial charge in [-0.15, -0.1) is 0 Å². The van der Waals surface area contributed by atoms with Crippen LogP contribution in [0.15, 0.2) is 24.3 Å². The Hall–Kier alpha value is -1.65. The van der Waals surface area contributed by atoms with Gasteiger partial charge >= 0.3 is 5.97 Å². The lowest BCUT2D eigenvalue weighted by Crippen LogP contribution is -2.21. The SMILES string of the molecule is CC(C)(C)c1ccc(CP(=O)(O)CC(CCC(N)=O)C(=O)O)cc1. The van der Waals surface area contributed by atoms with E-state index in [4.69, 9.17) is 10.8 Å². The fraction of sp³-hybridized carbons (Fsp3) is 0.529. The molecule has 0 aliphatic heterocycles. The third-order valence-electron chi connectivity index (χ3n) is 3.84. The van der Waals surface area contributed by atoms with Crippen LogP contribution in [0.5, 0.6) is 0 Å². The van der Waals surface area contributed by atoms with Gasteiger partial charge < -0.3 is 15.7 Å². The standard InChI is InChI=1S/C17H26NO5P/c1-17(2,3)14-7-4-12(5-8-14)10-24(22,23)11-13(16(20)21)6-9-15(18)19/h4-5,7-8,13H,6,9-11H2,1-3H3,(H2,18,19)(H,20,21)(H,22,23). The second kappa shape index (κ2) is 7.95. The van der Waals surface area contributed by atoms with Crippen molar-refractivity contribution in [2.24, 2.45) is 11.7 Å². The van der Waals surface area contributed by atoms with Crippen molar-refractivity contribution >= 4 is 19.2 Å². The number of amides is 1. The molecule has 0 aliphatic rings. The molecule has 1 aromatic carbocycles. The first-order chi connectivity index (χ1) is 10.9. The number of carboxylic acid groups (broad SMARTS) is 1. The predicted molar refractivity (Wildman–Crippen MR) is 93.1 cm³/mol. The number of hydrogen-bond acceptors (Lipinski definition) is 3. The summed E-state index contributed by atoms with van der Waals surface area (Å²) >= 11 is 0. The Morgan fingerprint density at radius 1 is 1.21 bits per heavy atom. The average Bonchev–Trinajstić information content (AvgIpc) is 2.42. The highest BCUT2D eigenvalue weighted by Crippen LogP contribution is 2.47. The van der Waals surface area contributed by atoms with Crippen LogP contribution in [-0.4, -0.2) is 28.0 Å². The molecule has 4 N–H and O–H groups in total. The molecule has 0 bridgehead atoms. The summed E-state index contributed by atoms with van der Waals surface area (Å²) in [6.45, 7) is 6.24. The first-order valence-corrected chi connectivity index (χ1v) is 9.85. The maximum atomic E-state index is 12.4. The number of primary amides is 1. The van der Waals surface area contributed by atoms with Gasteiger partial charge in [0, 0.05) is 18.7 Å². The van der Waals surface area contributed by atoms with Crippen molar-refractivity contribution in [3.8, 4) is 0 Å². The summed E-state index contributed by atoms with van der Waals surface area (Å²) in [5, 5.41) is 9.16. The maximum Gasteiger partial charge on any atom is 0.307 e. The Bertz CT molecular complexity index is 633. The molecule has 0 aromatic heterocycles. The van der Waals surface area contributed by atoms with E-state index in [1.54, 1.807) is 12.1 Å². The largest absolute Gasteiger partial charge is 0.481 e. The Morgan fingerprint density at radius 3 is 2.17 bits per heavy atom. The van der Waals surface area contributed by atoms with E-state index in [1.807, 2.05) is 12.1 Å². The van der Waals surface area contributed by atoms with Crippen LogP contribution in [0.25, 0.3) is 0 Å². The van der Waals surface area contributed by atoms with Gasteiger partial charge in [0.1, 0.15) is 0 Å². The number of benzene rings is 1. The van der Waals surface area contributed by atoms with E-state index >= 15 is 0 Å². The number of nitrogens with two attached hydrogens (primary N) is 1. The van der Waals surface area contributed by atoms with Gasteiger partial charge in [0.05, 0.1) is 5.92 Å². The fourth-order valence-corrected chi connectivity index (χ4v) is 4.35. The molecule has 134 valence electrons. The number of aliphatic carboxylic acids is 1. The second-order valence-corrected chi connectivity index (χ2v) is 9.55. The number of hydrogen-bond donors (Lipinski definition) is 3. The molecule has 1 rings (SSSR count). The van der Waals surface area contributed by atoms with E-state index < -0.39 is 25.2 Å². The minimum Gasteiger partial charge on any atom is -0.481 e. The molecule has 0 fully saturated rings. The fourth-order valence-electron chi connectivity index (χ4n) is 2.41. The van der Waals surface area contributed by atoms with Crippen molar-refractivity contribution < 1.29 is 24.2 Å². The van der Waals surface area contributed by atoms with Crippen LogP contribution < -0.4 is 5.73 Å². The minimum absolute atomic E-state index is 0.00932. The summed E-state index contributed by atoms with van der Waals surface area (Å²) in [5.41, 5.74) is 6.81. The van der Waals surface area contributed by atoms with Crippen molar-refractivity contribution in [1.82, 2.24) is 0 Å². The molecule has 0 aliphatic carbocycles. The van der Waals surface area contributed by atoms with Crippen LogP contribution in [0.3, 0.4) is 0 Å². The van der Waals surface area contributed by atoms with Crippen LogP contribution in [-0.2, 0) is 25.7 Å². The number of carboxylic acids is 1. The van der Waals surface area contributed by atoms with Crippen molar-refractivity contribution in [3.05, 3.63) is 35.4 Å². The first-order valence-electron chi connectivity index (χ1n) is 7.82. The molecule has 2 unspecified atom stereocenters. The molecule has 0 heterocycles. The van der Waals surface area contributed by atoms with Gasteiger partial charge in [0.25, 0.3) is 0 Å². The molecule has 1 aromatic rings. The summed E-state index contributed by atoms with van der Waals surface area (Å²) in [6, 6.07) is 7.42. The maximum absolute atomic E-state index is 12.4. The number of rotatable bonds is 8. The van der Waals surface area contributed by atoms with Crippen LogP contribution in [0.2, 0.25) is 0 Å². The van der Waals surface area contributed by atoms with Crippen LogP contribution in [0, 0.1) is 5.92 Å². The Balaban J connectivity index is 2.78. The first kappa shape index (κ1) is 20.4. The lowest BCUT2D eigenvalue weighted by atomic mass is 9.87. The Kier molecular flexibility index (Phi) is 6.76. The molecule has 0 saturated heterocycles. The zero-order chi connectivity index (χ0) is 18.5. The molecule has 0 radical (unpaired) electrons. The smallest absolute Gasteiger partial charge is 0.307 e. The quantitative estimate of drug-likeness (QED) is 0.620.